The molecular formula is C19H24BrN. The summed E-state index contributed by atoms with van der Waals surface area (Å²) in [4.78, 5) is 0. The second-order valence-electron chi connectivity index (χ2n) is 5.97. The van der Waals surface area contributed by atoms with Crippen molar-refractivity contribution < 1.29 is 0 Å². The standard InChI is InChI=1S/C19H24BrN/c1-14(2)21-13-18(16-9-6-7-15(3)11-16)12-17-8-4-5-10-19(17)20/h4-11,14,18,21H,12-13H2,1-3H3. The number of halogens is 1. The molecule has 0 fully saturated rings. The molecule has 2 aromatic rings. The first-order valence-electron chi connectivity index (χ1n) is 7.59. The monoisotopic (exact) mass is 345 g/mol. The summed E-state index contributed by atoms with van der Waals surface area (Å²) in [7, 11) is 0. The van der Waals surface area contributed by atoms with Gasteiger partial charge in [0, 0.05) is 23.0 Å². The topological polar surface area (TPSA) is 12.0 Å². The van der Waals surface area contributed by atoms with Gasteiger partial charge in [-0.05, 0) is 30.5 Å². The summed E-state index contributed by atoms with van der Waals surface area (Å²) in [6.07, 6.45) is 1.05. The molecule has 0 saturated carbocycles. The fourth-order valence-electron chi connectivity index (χ4n) is 2.54. The van der Waals surface area contributed by atoms with Crippen LogP contribution in [0.4, 0.5) is 0 Å². The minimum Gasteiger partial charge on any atom is -0.314 e. The zero-order chi connectivity index (χ0) is 15.2. The molecule has 0 aromatic heterocycles. The van der Waals surface area contributed by atoms with Crippen LogP contribution in [0.2, 0.25) is 0 Å². The van der Waals surface area contributed by atoms with E-state index in [0.29, 0.717) is 12.0 Å². The van der Waals surface area contributed by atoms with Gasteiger partial charge in [0.2, 0.25) is 0 Å². The van der Waals surface area contributed by atoms with Crippen LogP contribution in [-0.2, 0) is 6.42 Å². The van der Waals surface area contributed by atoms with Gasteiger partial charge in [-0.15, -0.1) is 0 Å². The lowest BCUT2D eigenvalue weighted by molar-refractivity contribution is 0.526. The molecule has 2 aromatic carbocycles. The van der Waals surface area contributed by atoms with Crippen LogP contribution in [0, 0.1) is 6.92 Å². The van der Waals surface area contributed by atoms with Gasteiger partial charge < -0.3 is 5.32 Å². The van der Waals surface area contributed by atoms with Crippen LogP contribution >= 0.6 is 15.9 Å². The zero-order valence-electron chi connectivity index (χ0n) is 13.1. The fourth-order valence-corrected chi connectivity index (χ4v) is 2.99. The van der Waals surface area contributed by atoms with E-state index in [4.69, 9.17) is 0 Å². The Morgan fingerprint density at radius 3 is 2.48 bits per heavy atom. The van der Waals surface area contributed by atoms with E-state index in [2.05, 4.69) is 90.5 Å². The molecule has 21 heavy (non-hydrogen) atoms. The largest absolute Gasteiger partial charge is 0.314 e. The Labute approximate surface area is 136 Å². The van der Waals surface area contributed by atoms with Gasteiger partial charge in [0.1, 0.15) is 0 Å². The lowest BCUT2D eigenvalue weighted by Crippen LogP contribution is -2.29. The molecule has 0 heterocycles. The number of rotatable bonds is 6. The second kappa shape index (κ2) is 7.77. The minimum absolute atomic E-state index is 0.492. The quantitative estimate of drug-likeness (QED) is 0.769. The summed E-state index contributed by atoms with van der Waals surface area (Å²) in [5.41, 5.74) is 4.11. The minimum atomic E-state index is 0.492. The van der Waals surface area contributed by atoms with Crippen molar-refractivity contribution in [3.63, 3.8) is 0 Å². The smallest absolute Gasteiger partial charge is 0.0207 e. The Bertz CT molecular complexity index is 577. The van der Waals surface area contributed by atoms with Crippen molar-refractivity contribution in [1.82, 2.24) is 5.32 Å². The van der Waals surface area contributed by atoms with Gasteiger partial charge in [0.15, 0.2) is 0 Å². The molecule has 0 spiro atoms. The summed E-state index contributed by atoms with van der Waals surface area (Å²) in [5, 5.41) is 3.59. The molecule has 0 saturated heterocycles. The molecule has 1 nitrogen and oxygen atoms in total. The molecule has 1 unspecified atom stereocenters. The maximum atomic E-state index is 3.67. The first-order valence-corrected chi connectivity index (χ1v) is 8.39. The van der Waals surface area contributed by atoms with Crippen LogP contribution in [0.1, 0.15) is 36.5 Å². The van der Waals surface area contributed by atoms with E-state index in [1.807, 2.05) is 0 Å². The van der Waals surface area contributed by atoms with E-state index in [-0.39, 0.29) is 0 Å². The highest BCUT2D eigenvalue weighted by Gasteiger charge is 2.14. The predicted octanol–water partition coefficient (Wildman–Crippen LogP) is 5.08. The molecule has 0 bridgehead atoms. The van der Waals surface area contributed by atoms with Crippen molar-refractivity contribution in [2.75, 3.05) is 6.54 Å². The van der Waals surface area contributed by atoms with E-state index in [1.54, 1.807) is 0 Å². The van der Waals surface area contributed by atoms with Crippen LogP contribution in [0.15, 0.2) is 53.0 Å². The average molecular weight is 346 g/mol. The fraction of sp³-hybridized carbons (Fsp3) is 0.368. The highest BCUT2D eigenvalue weighted by atomic mass is 79.9. The Kier molecular flexibility index (Phi) is 6.01. The summed E-state index contributed by atoms with van der Waals surface area (Å²) in [6, 6.07) is 17.9. The summed E-state index contributed by atoms with van der Waals surface area (Å²) in [6.45, 7) is 7.56. The van der Waals surface area contributed by atoms with Crippen LogP contribution in [-0.4, -0.2) is 12.6 Å². The molecule has 0 radical (unpaired) electrons. The Morgan fingerprint density at radius 2 is 1.81 bits per heavy atom. The predicted molar refractivity (Wildman–Crippen MR) is 94.9 cm³/mol. The van der Waals surface area contributed by atoms with Crippen LogP contribution in [0.25, 0.3) is 0 Å². The van der Waals surface area contributed by atoms with E-state index in [1.165, 1.54) is 21.2 Å². The first kappa shape index (κ1) is 16.3. The number of aryl methyl sites for hydroxylation is 1. The van der Waals surface area contributed by atoms with E-state index < -0.39 is 0 Å². The van der Waals surface area contributed by atoms with Crippen molar-refractivity contribution in [2.24, 2.45) is 0 Å². The van der Waals surface area contributed by atoms with Gasteiger partial charge in [-0.1, -0.05) is 77.8 Å². The molecule has 2 rings (SSSR count). The van der Waals surface area contributed by atoms with Crippen molar-refractivity contribution in [2.45, 2.75) is 39.2 Å². The molecular weight excluding hydrogens is 322 g/mol. The molecule has 0 aliphatic rings. The van der Waals surface area contributed by atoms with Gasteiger partial charge in [-0.25, -0.2) is 0 Å². The molecule has 0 aliphatic heterocycles. The summed E-state index contributed by atoms with van der Waals surface area (Å²) in [5.74, 6) is 0.492. The zero-order valence-corrected chi connectivity index (χ0v) is 14.7. The van der Waals surface area contributed by atoms with Crippen molar-refractivity contribution in [3.05, 3.63) is 69.7 Å². The SMILES string of the molecule is Cc1cccc(C(CNC(C)C)Cc2ccccc2Br)c1. The van der Waals surface area contributed by atoms with Gasteiger partial charge in [-0.3, -0.25) is 0 Å². The summed E-state index contributed by atoms with van der Waals surface area (Å²) >= 11 is 3.67. The van der Waals surface area contributed by atoms with Crippen molar-refractivity contribution in [1.29, 1.82) is 0 Å². The van der Waals surface area contributed by atoms with Gasteiger partial charge in [0.05, 0.1) is 0 Å². The van der Waals surface area contributed by atoms with Crippen LogP contribution in [0.5, 0.6) is 0 Å². The molecule has 112 valence electrons. The molecule has 0 aliphatic carbocycles. The maximum absolute atomic E-state index is 3.67. The lowest BCUT2D eigenvalue weighted by Gasteiger charge is -2.21. The maximum Gasteiger partial charge on any atom is 0.0207 e. The van der Waals surface area contributed by atoms with Gasteiger partial charge in [-0.2, -0.15) is 0 Å². The molecule has 1 N–H and O–H groups in total. The number of benzene rings is 2. The average Bonchev–Trinajstić information content (AvgIpc) is 2.45. The van der Waals surface area contributed by atoms with E-state index in [0.717, 1.165) is 13.0 Å². The molecule has 0 amide bonds. The van der Waals surface area contributed by atoms with Crippen molar-refractivity contribution >= 4 is 15.9 Å². The Hall–Kier alpha value is -1.12. The normalized spacial score (nSPS) is 12.6. The summed E-state index contributed by atoms with van der Waals surface area (Å²) < 4.78 is 1.20. The first-order chi connectivity index (χ1) is 10.1. The van der Waals surface area contributed by atoms with Gasteiger partial charge >= 0.3 is 0 Å². The number of hydrogen-bond donors (Lipinski definition) is 1. The Morgan fingerprint density at radius 1 is 1.05 bits per heavy atom. The second-order valence-corrected chi connectivity index (χ2v) is 6.82. The Balaban J connectivity index is 2.21. The number of nitrogens with one attached hydrogen (secondary N) is 1. The highest BCUT2D eigenvalue weighted by Crippen LogP contribution is 2.25. The van der Waals surface area contributed by atoms with Gasteiger partial charge in [0.25, 0.3) is 0 Å². The molecule has 2 heteroatoms. The third kappa shape index (κ3) is 4.98. The lowest BCUT2D eigenvalue weighted by atomic mass is 9.91. The van der Waals surface area contributed by atoms with E-state index in [9.17, 15) is 0 Å². The molecule has 1 atom stereocenters. The van der Waals surface area contributed by atoms with E-state index >= 15 is 0 Å². The highest BCUT2D eigenvalue weighted by molar-refractivity contribution is 9.10. The number of hydrogen-bond acceptors (Lipinski definition) is 1. The third-order valence-electron chi connectivity index (χ3n) is 3.71. The third-order valence-corrected chi connectivity index (χ3v) is 4.48. The van der Waals surface area contributed by atoms with Crippen LogP contribution < -0.4 is 5.32 Å². The van der Waals surface area contributed by atoms with Crippen LogP contribution in [0.3, 0.4) is 0 Å². The van der Waals surface area contributed by atoms with Crippen molar-refractivity contribution in [3.8, 4) is 0 Å².